The highest BCUT2D eigenvalue weighted by Gasteiger charge is 2.20. The van der Waals surface area contributed by atoms with Crippen LogP contribution in [-0.4, -0.2) is 23.9 Å². The molecule has 0 bridgehead atoms. The number of carbonyl (C=O) groups is 1. The van der Waals surface area contributed by atoms with Gasteiger partial charge in [-0.2, -0.15) is 0 Å². The molecule has 0 aliphatic rings. The summed E-state index contributed by atoms with van der Waals surface area (Å²) in [7, 11) is 0. The van der Waals surface area contributed by atoms with Gasteiger partial charge in [-0.15, -0.1) is 11.3 Å². The topological polar surface area (TPSA) is 46.3 Å². The number of thiophene rings is 1. The van der Waals surface area contributed by atoms with Crippen molar-refractivity contribution in [3.05, 3.63) is 42.0 Å². The van der Waals surface area contributed by atoms with Gasteiger partial charge in [0.05, 0.1) is 10.6 Å². The van der Waals surface area contributed by atoms with Crippen LogP contribution in [0.25, 0.3) is 10.4 Å². The lowest BCUT2D eigenvalue weighted by Crippen LogP contribution is -2.33. The zero-order valence-corrected chi connectivity index (χ0v) is 14.9. The summed E-state index contributed by atoms with van der Waals surface area (Å²) in [6, 6.07) is 12.0. The standard InChI is InChI=1S/C19H26N2OS/c1-3-5-12-21(13-6-4-2)19(22)16-14-17(23-18(16)20)15-10-8-7-9-11-15/h7-11,14H,3-6,12-13,20H2,1-2H3. The number of nitrogen functional groups attached to an aromatic ring is 1. The molecule has 0 spiro atoms. The maximum Gasteiger partial charge on any atom is 0.256 e. The monoisotopic (exact) mass is 330 g/mol. The van der Waals surface area contributed by atoms with E-state index in [1.807, 2.05) is 41.3 Å². The molecule has 2 aromatic rings. The Labute approximate surface area is 143 Å². The number of amides is 1. The van der Waals surface area contributed by atoms with Crippen LogP contribution in [-0.2, 0) is 0 Å². The Bertz CT molecular complexity index is 614. The van der Waals surface area contributed by atoms with Crippen LogP contribution in [0.3, 0.4) is 0 Å². The Morgan fingerprint density at radius 1 is 1.09 bits per heavy atom. The van der Waals surface area contributed by atoms with Gasteiger partial charge in [0.1, 0.15) is 0 Å². The Hall–Kier alpha value is -1.81. The highest BCUT2D eigenvalue weighted by atomic mass is 32.1. The van der Waals surface area contributed by atoms with E-state index in [0.717, 1.165) is 49.2 Å². The van der Waals surface area contributed by atoms with Crippen LogP contribution in [0.2, 0.25) is 0 Å². The molecule has 0 aliphatic carbocycles. The molecule has 0 saturated carbocycles. The lowest BCUT2D eigenvalue weighted by atomic mass is 10.1. The number of unbranched alkanes of at least 4 members (excludes halogenated alkanes) is 2. The fourth-order valence-corrected chi connectivity index (χ4v) is 3.42. The van der Waals surface area contributed by atoms with E-state index in [1.54, 1.807) is 0 Å². The van der Waals surface area contributed by atoms with E-state index in [2.05, 4.69) is 13.8 Å². The Kier molecular flexibility index (Phi) is 6.66. The Morgan fingerprint density at radius 2 is 1.70 bits per heavy atom. The third kappa shape index (κ3) is 4.58. The first-order valence-electron chi connectivity index (χ1n) is 8.41. The molecule has 3 nitrogen and oxygen atoms in total. The van der Waals surface area contributed by atoms with Gasteiger partial charge in [-0.25, -0.2) is 0 Å². The van der Waals surface area contributed by atoms with Crippen LogP contribution in [0.1, 0.15) is 49.9 Å². The molecule has 1 aromatic heterocycles. The number of anilines is 1. The van der Waals surface area contributed by atoms with Crippen molar-refractivity contribution in [2.45, 2.75) is 39.5 Å². The Morgan fingerprint density at radius 3 is 2.26 bits per heavy atom. The van der Waals surface area contributed by atoms with Crippen molar-refractivity contribution in [3.8, 4) is 10.4 Å². The SMILES string of the molecule is CCCCN(CCCC)C(=O)c1cc(-c2ccccc2)sc1N. The number of benzene rings is 1. The third-order valence-electron chi connectivity index (χ3n) is 3.90. The van der Waals surface area contributed by atoms with Crippen molar-refractivity contribution in [2.75, 3.05) is 18.8 Å². The zero-order valence-electron chi connectivity index (χ0n) is 14.0. The summed E-state index contributed by atoms with van der Waals surface area (Å²) in [5, 5.41) is 0.617. The van der Waals surface area contributed by atoms with Gasteiger partial charge in [-0.3, -0.25) is 4.79 Å². The number of carbonyl (C=O) groups excluding carboxylic acids is 1. The Balaban J connectivity index is 2.21. The molecule has 4 heteroatoms. The lowest BCUT2D eigenvalue weighted by molar-refractivity contribution is 0.0752. The highest BCUT2D eigenvalue weighted by Crippen LogP contribution is 2.34. The van der Waals surface area contributed by atoms with E-state index in [9.17, 15) is 4.79 Å². The van der Waals surface area contributed by atoms with Crippen LogP contribution >= 0.6 is 11.3 Å². The van der Waals surface area contributed by atoms with Crippen LogP contribution < -0.4 is 5.73 Å². The number of rotatable bonds is 8. The second kappa shape index (κ2) is 8.73. The minimum Gasteiger partial charge on any atom is -0.390 e. The number of hydrogen-bond acceptors (Lipinski definition) is 3. The van der Waals surface area contributed by atoms with Crippen molar-refractivity contribution in [2.24, 2.45) is 0 Å². The second-order valence-electron chi connectivity index (χ2n) is 5.75. The van der Waals surface area contributed by atoms with Gasteiger partial charge in [-0.05, 0) is 24.5 Å². The first kappa shape index (κ1) is 17.5. The summed E-state index contributed by atoms with van der Waals surface area (Å²) in [6.07, 6.45) is 4.24. The third-order valence-corrected chi connectivity index (χ3v) is 4.91. The first-order chi connectivity index (χ1) is 11.2. The van der Waals surface area contributed by atoms with E-state index >= 15 is 0 Å². The average Bonchev–Trinajstić information content (AvgIpc) is 2.97. The van der Waals surface area contributed by atoms with E-state index in [0.29, 0.717) is 10.6 Å². The molecular formula is C19H26N2OS. The molecule has 23 heavy (non-hydrogen) atoms. The smallest absolute Gasteiger partial charge is 0.256 e. The van der Waals surface area contributed by atoms with Crippen molar-refractivity contribution in [3.63, 3.8) is 0 Å². The number of nitrogens with two attached hydrogens (primary N) is 1. The molecule has 0 unspecified atom stereocenters. The fourth-order valence-electron chi connectivity index (χ4n) is 2.50. The summed E-state index contributed by atoms with van der Waals surface area (Å²) >= 11 is 1.49. The van der Waals surface area contributed by atoms with Crippen LogP contribution in [0, 0.1) is 0 Å². The zero-order chi connectivity index (χ0) is 16.7. The van der Waals surface area contributed by atoms with Gasteiger partial charge in [0.25, 0.3) is 5.91 Å². The average molecular weight is 330 g/mol. The highest BCUT2D eigenvalue weighted by molar-refractivity contribution is 7.19. The molecule has 1 aromatic carbocycles. The maximum absolute atomic E-state index is 12.9. The van der Waals surface area contributed by atoms with Gasteiger partial charge in [0, 0.05) is 18.0 Å². The molecule has 0 saturated heterocycles. The molecule has 2 rings (SSSR count). The van der Waals surface area contributed by atoms with Gasteiger partial charge >= 0.3 is 0 Å². The molecule has 0 fully saturated rings. The predicted octanol–water partition coefficient (Wildman–Crippen LogP) is 5.04. The summed E-state index contributed by atoms with van der Waals surface area (Å²) in [5.74, 6) is 0.0721. The molecule has 0 atom stereocenters. The molecule has 2 N–H and O–H groups in total. The fraction of sp³-hybridized carbons (Fsp3) is 0.421. The van der Waals surface area contributed by atoms with E-state index in [4.69, 9.17) is 5.73 Å². The minimum absolute atomic E-state index is 0.0721. The van der Waals surface area contributed by atoms with Crippen LogP contribution in [0.4, 0.5) is 5.00 Å². The normalized spacial score (nSPS) is 10.7. The number of hydrogen-bond donors (Lipinski definition) is 1. The summed E-state index contributed by atoms with van der Waals surface area (Å²) in [4.78, 5) is 15.9. The van der Waals surface area contributed by atoms with Crippen molar-refractivity contribution in [1.29, 1.82) is 0 Å². The quantitative estimate of drug-likeness (QED) is 0.737. The van der Waals surface area contributed by atoms with E-state index in [-0.39, 0.29) is 5.91 Å². The number of nitrogens with zero attached hydrogens (tertiary/aromatic N) is 1. The van der Waals surface area contributed by atoms with Crippen molar-refractivity contribution < 1.29 is 4.79 Å². The molecule has 0 radical (unpaired) electrons. The second-order valence-corrected chi connectivity index (χ2v) is 6.84. The summed E-state index contributed by atoms with van der Waals surface area (Å²) in [5.41, 5.74) is 7.91. The minimum atomic E-state index is 0.0721. The largest absolute Gasteiger partial charge is 0.390 e. The van der Waals surface area contributed by atoms with Gasteiger partial charge < -0.3 is 10.6 Å². The van der Waals surface area contributed by atoms with Crippen molar-refractivity contribution >= 4 is 22.2 Å². The maximum atomic E-state index is 12.9. The van der Waals surface area contributed by atoms with Gasteiger partial charge in [-0.1, -0.05) is 57.0 Å². The lowest BCUT2D eigenvalue weighted by Gasteiger charge is -2.22. The molecule has 1 heterocycles. The van der Waals surface area contributed by atoms with E-state index < -0.39 is 0 Å². The molecule has 0 aliphatic heterocycles. The summed E-state index contributed by atoms with van der Waals surface area (Å²) in [6.45, 7) is 5.92. The van der Waals surface area contributed by atoms with Crippen molar-refractivity contribution in [1.82, 2.24) is 4.90 Å². The molecule has 1 amide bonds. The first-order valence-corrected chi connectivity index (χ1v) is 9.23. The van der Waals surface area contributed by atoms with Gasteiger partial charge in [0.2, 0.25) is 0 Å². The van der Waals surface area contributed by atoms with E-state index in [1.165, 1.54) is 11.3 Å². The molecular weight excluding hydrogens is 304 g/mol. The van der Waals surface area contributed by atoms with Gasteiger partial charge in [0.15, 0.2) is 0 Å². The predicted molar refractivity (Wildman–Crippen MR) is 99.9 cm³/mol. The molecule has 124 valence electrons. The van der Waals surface area contributed by atoms with Crippen LogP contribution in [0.15, 0.2) is 36.4 Å². The summed E-state index contributed by atoms with van der Waals surface area (Å²) < 4.78 is 0. The van der Waals surface area contributed by atoms with Crippen LogP contribution in [0.5, 0.6) is 0 Å².